The smallest absolute Gasteiger partial charge is 0.220 e. The van der Waals surface area contributed by atoms with Gasteiger partial charge in [-0.25, -0.2) is 0 Å². The van der Waals surface area contributed by atoms with Gasteiger partial charge in [-0.05, 0) is 44.9 Å². The van der Waals surface area contributed by atoms with Gasteiger partial charge in [-0.15, -0.1) is 0 Å². The number of rotatable bonds is 62. The summed E-state index contributed by atoms with van der Waals surface area (Å²) in [5, 5.41) is 121. The highest BCUT2D eigenvalue weighted by atomic mass is 16.8. The quantitative estimate of drug-likeness (QED) is 0.0199. The molecule has 19 heteroatoms. The van der Waals surface area contributed by atoms with Crippen molar-refractivity contribution in [2.45, 2.75) is 426 Å². The van der Waals surface area contributed by atoms with E-state index in [4.69, 9.17) is 28.4 Å². The van der Waals surface area contributed by atoms with Crippen LogP contribution in [-0.2, 0) is 33.2 Å². The summed E-state index contributed by atoms with van der Waals surface area (Å²) in [7, 11) is 0. The SMILES string of the molecule is CCCCCC/C=C\C/C=C\CCCCCCCCCC(=O)NC(COC1OC(CO)C(OC2OC(CO)C(OC3OC(CO)C(O)C(O)C3O)C(O)C2O)C(O)C1O)C(O)CCCCCCCCCCCCCCCCCCCCCCCCCCCCCCCCCC. The second kappa shape index (κ2) is 57.8. The molecule has 12 N–H and O–H groups in total. The minimum absolute atomic E-state index is 0.246. The van der Waals surface area contributed by atoms with Crippen molar-refractivity contribution in [3.8, 4) is 0 Å². The molecule has 95 heavy (non-hydrogen) atoms. The molecule has 0 bridgehead atoms. The fraction of sp³-hybridized carbons (Fsp3) is 0.934. The Morgan fingerprint density at radius 2 is 0.695 bits per heavy atom. The third kappa shape index (κ3) is 38.8. The van der Waals surface area contributed by atoms with Crippen LogP contribution in [0.3, 0.4) is 0 Å². The highest BCUT2D eigenvalue weighted by molar-refractivity contribution is 5.76. The van der Waals surface area contributed by atoms with E-state index >= 15 is 0 Å². The zero-order valence-corrected chi connectivity index (χ0v) is 59.7. The zero-order valence-electron chi connectivity index (χ0n) is 59.7. The lowest BCUT2D eigenvalue weighted by molar-refractivity contribution is -0.379. The number of carbonyl (C=O) groups is 1. The summed E-state index contributed by atoms with van der Waals surface area (Å²) in [5.41, 5.74) is 0. The third-order valence-electron chi connectivity index (χ3n) is 19.8. The van der Waals surface area contributed by atoms with E-state index in [1.54, 1.807) is 0 Å². The average Bonchev–Trinajstić information content (AvgIpc) is 0.787. The Labute approximate surface area is 575 Å². The second-order valence-corrected chi connectivity index (χ2v) is 28.2. The van der Waals surface area contributed by atoms with Crippen LogP contribution in [0.25, 0.3) is 0 Å². The minimum atomic E-state index is -1.97. The molecule has 0 aromatic rings. The molecule has 3 heterocycles. The van der Waals surface area contributed by atoms with Crippen molar-refractivity contribution in [2.75, 3.05) is 26.4 Å². The van der Waals surface area contributed by atoms with Crippen LogP contribution in [0.5, 0.6) is 0 Å². The first-order valence-corrected chi connectivity index (χ1v) is 39.1. The number of aliphatic hydroxyl groups excluding tert-OH is 11. The van der Waals surface area contributed by atoms with Crippen LogP contribution in [0.2, 0.25) is 0 Å². The molecule has 0 aliphatic carbocycles. The Bertz CT molecular complexity index is 1810. The van der Waals surface area contributed by atoms with Gasteiger partial charge in [0.1, 0.15) is 73.2 Å². The van der Waals surface area contributed by atoms with Crippen molar-refractivity contribution in [1.29, 1.82) is 0 Å². The maximum Gasteiger partial charge on any atom is 0.220 e. The Kier molecular flexibility index (Phi) is 53.3. The van der Waals surface area contributed by atoms with E-state index in [0.717, 1.165) is 70.6 Å². The molecule has 17 unspecified atom stereocenters. The van der Waals surface area contributed by atoms with Crippen molar-refractivity contribution >= 4 is 5.91 Å². The summed E-state index contributed by atoms with van der Waals surface area (Å²) in [6.07, 6.45) is 41.3. The molecule has 17 atom stereocenters. The van der Waals surface area contributed by atoms with Crippen LogP contribution in [-0.4, -0.2) is 193 Å². The number of aliphatic hydroxyl groups is 11. The number of allylic oxidation sites excluding steroid dienone is 4. The number of ether oxygens (including phenoxy) is 6. The summed E-state index contributed by atoms with van der Waals surface area (Å²) in [4.78, 5) is 13.4. The Morgan fingerprint density at radius 1 is 0.379 bits per heavy atom. The summed E-state index contributed by atoms with van der Waals surface area (Å²) < 4.78 is 34.5. The van der Waals surface area contributed by atoms with Crippen LogP contribution >= 0.6 is 0 Å². The predicted molar refractivity (Wildman–Crippen MR) is 374 cm³/mol. The monoisotopic (exact) mass is 1360 g/mol. The molecule has 1 amide bonds. The standard InChI is InChI=1S/C76H143NO18/c1-3-5-7-9-11-13-15-17-19-21-23-24-25-26-27-28-29-30-31-32-33-34-35-36-37-39-41-43-45-47-49-51-53-60(81)59(77-64(82)54-52-50-48-46-44-42-40-38-22-20-18-16-14-12-10-8-6-4-2)58-90-74-70(88)67(85)72(62(56-79)92-74)95-76-71(89)68(86)73(63(57-80)93-76)94-75-69(87)66(84)65(83)61(55-78)91-75/h14,16,20,22,59-63,65-76,78-81,83-89H,3-13,15,17-19,21,23-58H2,1-2H3,(H,77,82)/b16-14-,22-20-. The van der Waals surface area contributed by atoms with Gasteiger partial charge in [-0.2, -0.15) is 0 Å². The fourth-order valence-electron chi connectivity index (χ4n) is 13.5. The van der Waals surface area contributed by atoms with Crippen molar-refractivity contribution < 1.29 is 89.4 Å². The van der Waals surface area contributed by atoms with E-state index in [2.05, 4.69) is 43.5 Å². The van der Waals surface area contributed by atoms with Crippen molar-refractivity contribution in [3.63, 3.8) is 0 Å². The number of nitrogens with one attached hydrogen (secondary N) is 1. The molecule has 3 saturated heterocycles. The van der Waals surface area contributed by atoms with E-state index in [-0.39, 0.29) is 18.9 Å². The third-order valence-corrected chi connectivity index (χ3v) is 19.8. The number of hydrogen-bond donors (Lipinski definition) is 12. The van der Waals surface area contributed by atoms with Crippen molar-refractivity contribution in [3.05, 3.63) is 24.3 Å². The highest BCUT2D eigenvalue weighted by Crippen LogP contribution is 2.33. The summed E-state index contributed by atoms with van der Waals surface area (Å²) in [6.45, 7) is 1.82. The van der Waals surface area contributed by atoms with Gasteiger partial charge in [0.25, 0.3) is 0 Å². The first kappa shape index (κ1) is 87.5. The summed E-state index contributed by atoms with van der Waals surface area (Å²) in [5.74, 6) is -0.246. The molecule has 0 aromatic heterocycles. The molecule has 0 spiro atoms. The fourth-order valence-corrected chi connectivity index (χ4v) is 13.5. The van der Waals surface area contributed by atoms with Gasteiger partial charge in [0, 0.05) is 6.42 Å². The Hall–Kier alpha value is -1.73. The van der Waals surface area contributed by atoms with Gasteiger partial charge in [0.15, 0.2) is 18.9 Å². The molecular weight excluding hydrogens is 1210 g/mol. The van der Waals surface area contributed by atoms with E-state index in [1.165, 1.54) is 218 Å². The van der Waals surface area contributed by atoms with Crippen LogP contribution in [0.15, 0.2) is 24.3 Å². The lowest BCUT2D eigenvalue weighted by Gasteiger charge is -2.48. The number of unbranched alkanes of at least 4 members (excludes halogenated alkanes) is 42. The molecule has 560 valence electrons. The largest absolute Gasteiger partial charge is 0.394 e. The van der Waals surface area contributed by atoms with E-state index in [1.807, 2.05) is 0 Å². The first-order valence-electron chi connectivity index (χ1n) is 39.1. The molecule has 3 aliphatic rings. The molecule has 0 saturated carbocycles. The van der Waals surface area contributed by atoms with E-state index in [0.29, 0.717) is 12.8 Å². The molecule has 0 aromatic carbocycles. The highest BCUT2D eigenvalue weighted by Gasteiger charge is 2.54. The number of hydrogen-bond acceptors (Lipinski definition) is 18. The van der Waals surface area contributed by atoms with E-state index in [9.17, 15) is 61.0 Å². The Balaban J connectivity index is 1.36. The van der Waals surface area contributed by atoms with E-state index < -0.39 is 124 Å². The van der Waals surface area contributed by atoms with Gasteiger partial charge in [-0.1, -0.05) is 295 Å². The number of carbonyl (C=O) groups excluding carboxylic acids is 1. The van der Waals surface area contributed by atoms with Crippen molar-refractivity contribution in [2.24, 2.45) is 0 Å². The molecule has 19 nitrogen and oxygen atoms in total. The van der Waals surface area contributed by atoms with Crippen molar-refractivity contribution in [1.82, 2.24) is 5.32 Å². The van der Waals surface area contributed by atoms with Gasteiger partial charge in [-0.3, -0.25) is 4.79 Å². The molecule has 3 fully saturated rings. The van der Waals surface area contributed by atoms with Gasteiger partial charge < -0.3 is 89.9 Å². The molecule has 3 aliphatic heterocycles. The second-order valence-electron chi connectivity index (χ2n) is 28.2. The lowest BCUT2D eigenvalue weighted by atomic mass is 9.96. The summed E-state index contributed by atoms with van der Waals surface area (Å²) >= 11 is 0. The molecular formula is C76H143NO18. The van der Waals surface area contributed by atoms with Crippen LogP contribution in [0.1, 0.15) is 322 Å². The Morgan fingerprint density at radius 3 is 1.08 bits per heavy atom. The van der Waals surface area contributed by atoms with Crippen LogP contribution in [0.4, 0.5) is 0 Å². The minimum Gasteiger partial charge on any atom is -0.394 e. The number of amides is 1. The molecule has 3 rings (SSSR count). The molecule has 0 radical (unpaired) electrons. The predicted octanol–water partition coefficient (Wildman–Crippen LogP) is 12.2. The maximum atomic E-state index is 13.4. The topological polar surface area (TPSA) is 307 Å². The van der Waals surface area contributed by atoms with Crippen LogP contribution < -0.4 is 5.32 Å². The normalized spacial score (nSPS) is 27.3. The average molecular weight is 1360 g/mol. The lowest BCUT2D eigenvalue weighted by Crippen LogP contribution is -2.66. The maximum absolute atomic E-state index is 13.4. The summed E-state index contributed by atoms with van der Waals surface area (Å²) in [6, 6.07) is -0.892. The van der Waals surface area contributed by atoms with Gasteiger partial charge >= 0.3 is 0 Å². The first-order chi connectivity index (χ1) is 46.3. The van der Waals surface area contributed by atoms with Gasteiger partial charge in [0.05, 0.1) is 38.6 Å². The van der Waals surface area contributed by atoms with Gasteiger partial charge in [0.2, 0.25) is 5.91 Å². The zero-order chi connectivity index (χ0) is 68.9. The van der Waals surface area contributed by atoms with Crippen LogP contribution in [0, 0.1) is 0 Å².